The van der Waals surface area contributed by atoms with Crippen molar-refractivity contribution in [3.05, 3.63) is 0 Å². The number of aliphatic hydroxyl groups excluding tert-OH is 4. The number of likely N-dealkylation sites (tertiary alicyclic amines) is 1. The number of hydrogen-bond donors (Lipinski definition) is 4. The van der Waals surface area contributed by atoms with Crippen LogP contribution in [0, 0.1) is 0 Å². The molecule has 0 amide bonds. The predicted octanol–water partition coefficient (Wildman–Crippen LogP) is -1.63. The van der Waals surface area contributed by atoms with E-state index < -0.39 is 24.4 Å². The van der Waals surface area contributed by atoms with Crippen molar-refractivity contribution in [2.24, 2.45) is 0 Å². The molecule has 1 rings (SSSR count). The zero-order chi connectivity index (χ0) is 11.4. The Morgan fingerprint density at radius 2 is 1.87 bits per heavy atom. The maximum absolute atomic E-state index is 9.63. The van der Waals surface area contributed by atoms with E-state index in [-0.39, 0.29) is 13.2 Å². The Morgan fingerprint density at radius 1 is 1.20 bits per heavy atom. The molecule has 1 heterocycles. The average molecular weight is 240 g/mol. The second-order valence-corrected chi connectivity index (χ2v) is 4.21. The van der Waals surface area contributed by atoms with Gasteiger partial charge in [0.05, 0.1) is 18.8 Å². The molecule has 0 saturated carbocycles. The Labute approximate surface area is 93.9 Å². The molecule has 0 aromatic carbocycles. The molecule has 1 saturated heterocycles. The van der Waals surface area contributed by atoms with E-state index in [2.05, 4.69) is 0 Å². The molecule has 6 heteroatoms. The van der Waals surface area contributed by atoms with Crippen LogP contribution in [0.4, 0.5) is 0 Å². The average Bonchev–Trinajstić information content (AvgIpc) is 2.23. The third-order valence-corrected chi connectivity index (χ3v) is 3.06. The van der Waals surface area contributed by atoms with Crippen LogP contribution in [0.2, 0.25) is 0 Å². The minimum Gasteiger partial charge on any atom is -0.395 e. The molecule has 0 radical (unpaired) electrons. The highest BCUT2D eigenvalue weighted by atomic mass is 35.5. The van der Waals surface area contributed by atoms with Gasteiger partial charge in [-0.3, -0.25) is 4.90 Å². The fourth-order valence-electron chi connectivity index (χ4n) is 1.90. The number of alkyl halides is 1. The molecule has 90 valence electrons. The van der Waals surface area contributed by atoms with Crippen LogP contribution in [0.15, 0.2) is 0 Å². The summed E-state index contributed by atoms with van der Waals surface area (Å²) in [4.78, 5) is 1.75. The van der Waals surface area contributed by atoms with Gasteiger partial charge < -0.3 is 20.4 Å². The molecule has 4 N–H and O–H groups in total. The van der Waals surface area contributed by atoms with Gasteiger partial charge >= 0.3 is 0 Å². The van der Waals surface area contributed by atoms with Crippen molar-refractivity contribution in [1.82, 2.24) is 4.90 Å². The van der Waals surface area contributed by atoms with Crippen LogP contribution in [-0.2, 0) is 0 Å². The van der Waals surface area contributed by atoms with Crippen LogP contribution in [-0.4, -0.2) is 75.3 Å². The van der Waals surface area contributed by atoms with E-state index in [1.165, 1.54) is 0 Å². The highest BCUT2D eigenvalue weighted by Gasteiger charge is 2.40. The SMILES string of the molecule is OC[C@@H]1[C@@H](O)[C@H](O)[C@@H](O)CN1CCCCl. The van der Waals surface area contributed by atoms with Crippen molar-refractivity contribution in [3.63, 3.8) is 0 Å². The lowest BCUT2D eigenvalue weighted by Crippen LogP contribution is -2.62. The Balaban J connectivity index is 2.60. The number of halogens is 1. The molecular formula is C9H18ClNO4. The number of nitrogens with zero attached hydrogens (tertiary/aromatic N) is 1. The van der Waals surface area contributed by atoms with Gasteiger partial charge in [0.1, 0.15) is 12.2 Å². The molecule has 0 aromatic heterocycles. The summed E-state index contributed by atoms with van der Waals surface area (Å²) in [5, 5.41) is 37.6. The molecule has 0 spiro atoms. The van der Waals surface area contributed by atoms with Crippen molar-refractivity contribution in [1.29, 1.82) is 0 Å². The Hall–Kier alpha value is 0.0900. The highest BCUT2D eigenvalue weighted by Crippen LogP contribution is 2.19. The Morgan fingerprint density at radius 3 is 2.40 bits per heavy atom. The van der Waals surface area contributed by atoms with E-state index in [9.17, 15) is 15.3 Å². The maximum atomic E-state index is 9.63. The lowest BCUT2D eigenvalue weighted by Gasteiger charge is -2.43. The third kappa shape index (κ3) is 3.03. The van der Waals surface area contributed by atoms with Crippen LogP contribution >= 0.6 is 11.6 Å². The monoisotopic (exact) mass is 239 g/mol. The minimum atomic E-state index is -1.19. The zero-order valence-corrected chi connectivity index (χ0v) is 9.21. The summed E-state index contributed by atoms with van der Waals surface area (Å²) in [7, 11) is 0. The van der Waals surface area contributed by atoms with Gasteiger partial charge in [-0.15, -0.1) is 11.6 Å². The van der Waals surface area contributed by atoms with Gasteiger partial charge in [0.2, 0.25) is 0 Å². The minimum absolute atomic E-state index is 0.243. The molecule has 0 unspecified atom stereocenters. The summed E-state index contributed by atoms with van der Waals surface area (Å²) in [5.74, 6) is 0.489. The molecule has 1 aliphatic heterocycles. The van der Waals surface area contributed by atoms with Crippen LogP contribution in [0.3, 0.4) is 0 Å². The number of β-amino-alcohol motifs (C(OH)–C–C–N with tert-alkyl or cyclic N) is 1. The number of rotatable bonds is 4. The number of hydrogen-bond acceptors (Lipinski definition) is 5. The summed E-state index contributed by atoms with van der Waals surface area (Å²) < 4.78 is 0. The third-order valence-electron chi connectivity index (χ3n) is 2.79. The topological polar surface area (TPSA) is 84.2 Å². The standard InChI is InChI=1S/C9H18ClNO4/c10-2-1-3-11-4-7(13)9(15)8(14)6(11)5-12/h6-9,12-15H,1-5H2/t6-,7+,8-,9-/m1/s1. The van der Waals surface area contributed by atoms with Crippen molar-refractivity contribution in [2.75, 3.05) is 25.6 Å². The van der Waals surface area contributed by atoms with Crippen molar-refractivity contribution < 1.29 is 20.4 Å². The largest absolute Gasteiger partial charge is 0.395 e. The van der Waals surface area contributed by atoms with E-state index in [4.69, 9.17) is 16.7 Å². The molecule has 0 aromatic rings. The molecule has 0 bridgehead atoms. The summed E-state index contributed by atoms with van der Waals surface area (Å²) >= 11 is 5.55. The zero-order valence-electron chi connectivity index (χ0n) is 8.46. The summed E-state index contributed by atoms with van der Waals surface area (Å²) in [5.41, 5.74) is 0. The van der Waals surface area contributed by atoms with Crippen LogP contribution in [0.5, 0.6) is 0 Å². The molecule has 1 fully saturated rings. The lowest BCUT2D eigenvalue weighted by molar-refractivity contribution is -0.144. The molecule has 5 nitrogen and oxygen atoms in total. The first kappa shape index (κ1) is 13.2. The fraction of sp³-hybridized carbons (Fsp3) is 1.00. The first-order valence-electron chi connectivity index (χ1n) is 5.07. The van der Waals surface area contributed by atoms with Crippen molar-refractivity contribution in [3.8, 4) is 0 Å². The fourth-order valence-corrected chi connectivity index (χ4v) is 2.02. The summed E-state index contributed by atoms with van der Waals surface area (Å²) in [6.07, 6.45) is -2.56. The summed E-state index contributed by atoms with van der Waals surface area (Å²) in [6, 6.07) is -0.522. The van der Waals surface area contributed by atoms with E-state index in [0.29, 0.717) is 18.8 Å². The Kier molecular flexibility index (Phi) is 5.25. The maximum Gasteiger partial charge on any atom is 0.109 e. The van der Waals surface area contributed by atoms with Crippen LogP contribution < -0.4 is 0 Å². The van der Waals surface area contributed by atoms with E-state index in [1.54, 1.807) is 4.90 Å². The number of aliphatic hydroxyl groups is 4. The lowest BCUT2D eigenvalue weighted by atomic mass is 9.94. The summed E-state index contributed by atoms with van der Waals surface area (Å²) in [6.45, 7) is 0.600. The van der Waals surface area contributed by atoms with Gasteiger partial charge in [-0.05, 0) is 13.0 Å². The van der Waals surface area contributed by atoms with Gasteiger partial charge in [0.25, 0.3) is 0 Å². The molecular weight excluding hydrogens is 222 g/mol. The first-order chi connectivity index (χ1) is 7.11. The van der Waals surface area contributed by atoms with E-state index in [0.717, 1.165) is 0 Å². The van der Waals surface area contributed by atoms with Gasteiger partial charge in [-0.1, -0.05) is 0 Å². The molecule has 0 aliphatic carbocycles. The van der Waals surface area contributed by atoms with Crippen LogP contribution in [0.25, 0.3) is 0 Å². The van der Waals surface area contributed by atoms with Gasteiger partial charge in [-0.25, -0.2) is 0 Å². The molecule has 1 aliphatic rings. The van der Waals surface area contributed by atoms with Gasteiger partial charge in [0.15, 0.2) is 0 Å². The van der Waals surface area contributed by atoms with Gasteiger partial charge in [-0.2, -0.15) is 0 Å². The Bertz CT molecular complexity index is 195. The van der Waals surface area contributed by atoms with Crippen molar-refractivity contribution in [2.45, 2.75) is 30.8 Å². The normalized spacial score (nSPS) is 38.2. The highest BCUT2D eigenvalue weighted by molar-refractivity contribution is 6.17. The molecule has 15 heavy (non-hydrogen) atoms. The second kappa shape index (κ2) is 5.98. The van der Waals surface area contributed by atoms with E-state index in [1.807, 2.05) is 0 Å². The van der Waals surface area contributed by atoms with Crippen molar-refractivity contribution >= 4 is 11.6 Å². The second-order valence-electron chi connectivity index (χ2n) is 3.84. The quantitative estimate of drug-likeness (QED) is 0.443. The number of piperidine rings is 1. The predicted molar refractivity (Wildman–Crippen MR) is 55.8 cm³/mol. The van der Waals surface area contributed by atoms with Gasteiger partial charge in [0, 0.05) is 12.4 Å². The van der Waals surface area contributed by atoms with Crippen LogP contribution in [0.1, 0.15) is 6.42 Å². The molecule has 4 atom stereocenters. The first-order valence-corrected chi connectivity index (χ1v) is 5.60. The van der Waals surface area contributed by atoms with E-state index >= 15 is 0 Å². The smallest absolute Gasteiger partial charge is 0.109 e.